The third kappa shape index (κ3) is 9.54. The van der Waals surface area contributed by atoms with Crippen LogP contribution in [0.4, 0.5) is 0 Å². The molecule has 0 saturated heterocycles. The summed E-state index contributed by atoms with van der Waals surface area (Å²) in [6.07, 6.45) is 1.84. The van der Waals surface area contributed by atoms with Gasteiger partial charge < -0.3 is 5.11 Å². The van der Waals surface area contributed by atoms with E-state index in [-0.39, 0.29) is 55.0 Å². The van der Waals surface area contributed by atoms with Gasteiger partial charge in [0, 0.05) is 37.1 Å². The van der Waals surface area contributed by atoms with Crippen molar-refractivity contribution in [2.45, 2.75) is 98.8 Å². The number of phenols is 1. The van der Waals surface area contributed by atoms with Gasteiger partial charge in [0.2, 0.25) is 0 Å². The zero-order chi connectivity index (χ0) is 49.9. The van der Waals surface area contributed by atoms with Crippen molar-refractivity contribution in [3.05, 3.63) is 192 Å². The number of phenolic OH excluding ortho intramolecular Hbond substituents is 1. The molecular weight excluding hydrogens is 1010 g/mol. The van der Waals surface area contributed by atoms with E-state index in [1.54, 1.807) is 0 Å². The van der Waals surface area contributed by atoms with Crippen molar-refractivity contribution in [2.75, 3.05) is 0 Å². The number of para-hydroxylation sites is 1. The Hall–Kier alpha value is -6.35. The molecule has 2 heterocycles. The molecule has 0 aliphatic carbocycles. The molecule has 4 nitrogen and oxygen atoms in total. The van der Waals surface area contributed by atoms with Crippen molar-refractivity contribution in [2.24, 2.45) is 0 Å². The third-order valence-corrected chi connectivity index (χ3v) is 13.0. The summed E-state index contributed by atoms with van der Waals surface area (Å²) in [5.41, 5.74) is 15.6. The predicted molar refractivity (Wildman–Crippen MR) is 282 cm³/mol. The van der Waals surface area contributed by atoms with Crippen LogP contribution >= 0.6 is 0 Å². The van der Waals surface area contributed by atoms with E-state index in [1.807, 2.05) is 95.7 Å². The quantitative estimate of drug-likeness (QED) is 0.147. The summed E-state index contributed by atoms with van der Waals surface area (Å²) in [5.74, 6) is 0.728. The van der Waals surface area contributed by atoms with Crippen LogP contribution in [0.2, 0.25) is 0 Å². The van der Waals surface area contributed by atoms with E-state index in [1.165, 1.54) is 11.1 Å². The molecule has 7 aromatic carbocycles. The second-order valence-electron chi connectivity index (χ2n) is 20.6. The number of aromatic hydroxyl groups is 1. The zero-order valence-corrected chi connectivity index (χ0v) is 43.0. The van der Waals surface area contributed by atoms with E-state index >= 15 is 0 Å². The molecule has 0 amide bonds. The van der Waals surface area contributed by atoms with Gasteiger partial charge in [0.15, 0.2) is 0 Å². The molecule has 0 atom stereocenters. The summed E-state index contributed by atoms with van der Waals surface area (Å²) >= 11 is 0. The number of fused-ring (bicyclic) bond motifs is 1. The Morgan fingerprint density at radius 1 is 0.574 bits per heavy atom. The van der Waals surface area contributed by atoms with Gasteiger partial charge in [0.1, 0.15) is 11.6 Å². The van der Waals surface area contributed by atoms with Crippen LogP contribution in [-0.2, 0) is 31.9 Å². The maximum atomic E-state index is 12.4. The molecule has 2 aromatic heterocycles. The molecular formula is C63H62N3OPt-. The average Bonchev–Trinajstić information content (AvgIpc) is 3.72. The Morgan fingerprint density at radius 3 is 1.81 bits per heavy atom. The van der Waals surface area contributed by atoms with Crippen LogP contribution in [0.25, 0.3) is 83.9 Å². The topological polar surface area (TPSA) is 50.9 Å². The molecule has 9 aromatic rings. The first-order valence-corrected chi connectivity index (χ1v) is 23.5. The average molecular weight is 1080 g/mol. The normalized spacial score (nSPS) is 12.8. The second-order valence-corrected chi connectivity index (χ2v) is 20.6. The Labute approximate surface area is 422 Å². The Kier molecular flexibility index (Phi) is 12.3. The number of benzene rings is 7. The van der Waals surface area contributed by atoms with Crippen LogP contribution in [-0.4, -0.2) is 19.6 Å². The summed E-state index contributed by atoms with van der Waals surface area (Å²) in [5, 5.41) is 12.4. The molecule has 9 rings (SSSR count). The van der Waals surface area contributed by atoms with Crippen molar-refractivity contribution in [3.8, 4) is 78.6 Å². The summed E-state index contributed by atoms with van der Waals surface area (Å²) < 4.78 is 29.4. The van der Waals surface area contributed by atoms with Crippen LogP contribution in [0.3, 0.4) is 0 Å². The molecule has 5 heteroatoms. The number of imidazole rings is 1. The first-order valence-electron chi connectivity index (χ1n) is 25.0. The van der Waals surface area contributed by atoms with Crippen LogP contribution in [0.5, 0.6) is 5.75 Å². The van der Waals surface area contributed by atoms with E-state index in [0.717, 1.165) is 66.9 Å². The number of hydrogen-bond acceptors (Lipinski definition) is 3. The van der Waals surface area contributed by atoms with Gasteiger partial charge in [0.25, 0.3) is 0 Å². The van der Waals surface area contributed by atoms with Gasteiger partial charge in [-0.25, -0.2) is 4.98 Å². The van der Waals surface area contributed by atoms with Crippen LogP contribution < -0.4 is 0 Å². The van der Waals surface area contributed by atoms with E-state index < -0.39 is 6.85 Å². The first kappa shape index (κ1) is 44.2. The summed E-state index contributed by atoms with van der Waals surface area (Å²) in [6, 6.07) is 55.3. The van der Waals surface area contributed by atoms with Gasteiger partial charge in [0.05, 0.1) is 22.3 Å². The van der Waals surface area contributed by atoms with Gasteiger partial charge in [-0.3, -0.25) is 9.55 Å². The SMILES string of the molecule is [2H]C([2H])([2H])c1cc(-c2cc(C(C)(C)C)cc(C(C)(C)C)c2)ccc1-n1c(-c2cc(C(C)C)cc(C(C)C)c2O)nc2c(-c3[c-]c(-c4cc(-c5ccccc5)ccn4)cc(-c4ccccc4)c3)cccc21.[Pt]. The number of aryl methyl sites for hydroxylation is 1. The fourth-order valence-electron chi connectivity index (χ4n) is 8.97. The molecule has 0 aliphatic heterocycles. The third-order valence-electron chi connectivity index (χ3n) is 13.0. The number of rotatable bonds is 9. The molecule has 68 heavy (non-hydrogen) atoms. The largest absolute Gasteiger partial charge is 0.507 e. The standard InChI is InChI=1S/C63H62N3O.Pt/c1-39(2)46-35-54(40(3)4)60(67)55(36-46)61-65-59-53(49-30-47(43-21-16-13-17-22-43)31-50(32-49)56-37-45(27-28-64-56)42-19-14-12-15-20-42)23-18-24-58(59)66(61)57-26-25-44(29-41(57)5)48-33-51(62(6,7)8)38-52(34-48)63(9,10)11;/h12-31,33-40,67H,1-11H3;/q-1;/i5D3;. The fraction of sp³-hybridized carbons (Fsp3) is 0.238. The minimum Gasteiger partial charge on any atom is -0.507 e. The Balaban J connectivity index is 0.00000676. The van der Waals surface area contributed by atoms with Crippen molar-refractivity contribution in [1.82, 2.24) is 14.5 Å². The number of pyridine rings is 1. The Bertz CT molecular complexity index is 3360. The predicted octanol–water partition coefficient (Wildman–Crippen LogP) is 17.1. The van der Waals surface area contributed by atoms with Crippen molar-refractivity contribution < 1.29 is 30.3 Å². The van der Waals surface area contributed by atoms with Gasteiger partial charge in [-0.2, -0.15) is 0 Å². The molecule has 1 N–H and O–H groups in total. The number of nitrogens with zero attached hydrogens (tertiary/aromatic N) is 3. The van der Waals surface area contributed by atoms with Crippen molar-refractivity contribution in [1.29, 1.82) is 0 Å². The summed E-state index contributed by atoms with van der Waals surface area (Å²) in [6.45, 7) is 19.2. The van der Waals surface area contributed by atoms with Crippen LogP contribution in [0.15, 0.2) is 158 Å². The van der Waals surface area contributed by atoms with E-state index in [9.17, 15) is 5.11 Å². The van der Waals surface area contributed by atoms with E-state index in [4.69, 9.17) is 14.1 Å². The first-order chi connectivity index (χ1) is 33.2. The maximum absolute atomic E-state index is 12.4. The van der Waals surface area contributed by atoms with Crippen LogP contribution in [0, 0.1) is 12.9 Å². The monoisotopic (exact) mass is 1070 g/mol. The van der Waals surface area contributed by atoms with Crippen LogP contribution in [0.1, 0.15) is 113 Å². The summed E-state index contributed by atoms with van der Waals surface area (Å²) in [4.78, 5) is 10.4. The molecule has 0 spiro atoms. The van der Waals surface area contributed by atoms with Gasteiger partial charge in [-0.15, -0.1) is 23.8 Å². The minimum atomic E-state index is -2.52. The smallest absolute Gasteiger partial charge is 0.148 e. The molecule has 0 radical (unpaired) electrons. The summed E-state index contributed by atoms with van der Waals surface area (Å²) in [7, 11) is 0. The van der Waals surface area contributed by atoms with E-state index in [0.29, 0.717) is 28.1 Å². The molecule has 0 bridgehead atoms. The Morgan fingerprint density at radius 2 is 1.19 bits per heavy atom. The molecule has 0 aliphatic rings. The minimum absolute atomic E-state index is 0. The van der Waals surface area contributed by atoms with Crippen molar-refractivity contribution in [3.63, 3.8) is 0 Å². The van der Waals surface area contributed by atoms with Gasteiger partial charge in [-0.1, -0.05) is 195 Å². The molecule has 0 saturated carbocycles. The maximum Gasteiger partial charge on any atom is 0.148 e. The molecule has 0 fully saturated rings. The second kappa shape index (κ2) is 19.0. The zero-order valence-electron chi connectivity index (χ0n) is 43.8. The van der Waals surface area contributed by atoms with Gasteiger partial charge >= 0.3 is 0 Å². The van der Waals surface area contributed by atoms with Gasteiger partial charge in [-0.05, 0) is 115 Å². The number of hydrogen-bond donors (Lipinski definition) is 1. The van der Waals surface area contributed by atoms with Crippen molar-refractivity contribution >= 4 is 11.0 Å². The number of aromatic nitrogens is 3. The molecule has 0 unspecified atom stereocenters. The molecule has 346 valence electrons. The fourth-order valence-corrected chi connectivity index (χ4v) is 8.97. The van der Waals surface area contributed by atoms with E-state index in [2.05, 4.69) is 142 Å².